The molecule has 0 unspecified atom stereocenters. The number of aliphatic carboxylic acids is 1. The van der Waals surface area contributed by atoms with Crippen LogP contribution in [-0.2, 0) is 19.1 Å². The fourth-order valence-electron chi connectivity index (χ4n) is 1.12. The van der Waals surface area contributed by atoms with Crippen LogP contribution in [0.25, 0.3) is 0 Å². The molecule has 1 fully saturated rings. The zero-order valence-electron chi connectivity index (χ0n) is 8.57. The summed E-state index contributed by atoms with van der Waals surface area (Å²) in [6.07, 6.45) is 0.316. The first-order chi connectivity index (χ1) is 6.96. The lowest BCUT2D eigenvalue weighted by molar-refractivity contribution is -0.226. The van der Waals surface area contributed by atoms with Crippen LogP contribution in [0.3, 0.4) is 0 Å². The molecule has 2 N–H and O–H groups in total. The van der Waals surface area contributed by atoms with Gasteiger partial charge in [-0.25, -0.2) is 4.79 Å². The number of hydrogen-bond donors (Lipinski definition) is 2. The molecule has 0 aromatic heterocycles. The normalized spacial score (nSPS) is 19.5. The van der Waals surface area contributed by atoms with Crippen LogP contribution in [0.15, 0.2) is 11.3 Å². The molecule has 0 spiro atoms. The second-order valence-electron chi connectivity index (χ2n) is 3.52. The lowest BCUT2D eigenvalue weighted by Crippen LogP contribution is -2.37. The number of hydrogen-bond acceptors (Lipinski definition) is 4. The highest BCUT2D eigenvalue weighted by Crippen LogP contribution is 2.21. The Morgan fingerprint density at radius 2 is 2.00 bits per heavy atom. The largest absolute Gasteiger partial charge is 0.477 e. The summed E-state index contributed by atoms with van der Waals surface area (Å²) in [5.41, 5.74) is 0.231. The molecule has 0 bridgehead atoms. The Kier molecular flexibility index (Phi) is 3.43. The molecule has 0 saturated carbocycles. The molecule has 1 amide bonds. The van der Waals surface area contributed by atoms with Gasteiger partial charge in [0, 0.05) is 5.57 Å². The summed E-state index contributed by atoms with van der Waals surface area (Å²) in [7, 11) is 0. The summed E-state index contributed by atoms with van der Waals surface area (Å²) >= 11 is 0. The van der Waals surface area contributed by atoms with Gasteiger partial charge in [0.05, 0.1) is 13.2 Å². The predicted molar refractivity (Wildman–Crippen MR) is 49.8 cm³/mol. The Bertz CT molecular complexity index is 296. The highest BCUT2D eigenvalue weighted by Gasteiger charge is 2.28. The zero-order chi connectivity index (χ0) is 11.5. The van der Waals surface area contributed by atoms with Gasteiger partial charge in [-0.2, -0.15) is 0 Å². The molecule has 0 aromatic carbocycles. The maximum Gasteiger partial charge on any atom is 0.352 e. The molecular weight excluding hydrogens is 202 g/mol. The van der Waals surface area contributed by atoms with Crippen molar-refractivity contribution in [3.05, 3.63) is 11.3 Å². The van der Waals surface area contributed by atoms with Crippen molar-refractivity contribution in [2.24, 2.45) is 0 Å². The number of carbonyl (C=O) groups is 2. The summed E-state index contributed by atoms with van der Waals surface area (Å²) in [5.74, 6) is -1.92. The molecule has 1 aliphatic heterocycles. The molecule has 6 nitrogen and oxygen atoms in total. The van der Waals surface area contributed by atoms with Crippen LogP contribution in [0, 0.1) is 0 Å². The Morgan fingerprint density at radius 1 is 1.47 bits per heavy atom. The van der Waals surface area contributed by atoms with Crippen LogP contribution in [0.4, 0.5) is 0 Å². The summed E-state index contributed by atoms with van der Waals surface area (Å²) in [6.45, 7) is 3.74. The number of nitrogens with one attached hydrogen (secondary N) is 1. The Balaban J connectivity index is 2.80. The molecule has 1 rings (SSSR count). The number of carboxylic acids is 1. The fourth-order valence-corrected chi connectivity index (χ4v) is 1.12. The van der Waals surface area contributed by atoms with E-state index < -0.39 is 11.8 Å². The van der Waals surface area contributed by atoms with Crippen molar-refractivity contribution < 1.29 is 24.2 Å². The smallest absolute Gasteiger partial charge is 0.352 e. The van der Waals surface area contributed by atoms with Crippen LogP contribution in [-0.4, -0.2) is 36.5 Å². The molecular formula is C9H13NO5. The highest BCUT2D eigenvalue weighted by atomic mass is 16.7. The maximum absolute atomic E-state index is 10.8. The van der Waals surface area contributed by atoms with E-state index in [2.05, 4.69) is 5.32 Å². The van der Waals surface area contributed by atoms with Gasteiger partial charge in [0.25, 0.3) is 0 Å². The first-order valence-electron chi connectivity index (χ1n) is 4.39. The highest BCUT2D eigenvalue weighted by molar-refractivity contribution is 5.89. The van der Waals surface area contributed by atoms with E-state index in [4.69, 9.17) is 14.6 Å². The van der Waals surface area contributed by atoms with Crippen LogP contribution in [0.1, 0.15) is 13.8 Å². The van der Waals surface area contributed by atoms with E-state index in [0.29, 0.717) is 12.0 Å². The van der Waals surface area contributed by atoms with Crippen molar-refractivity contribution in [3.63, 3.8) is 0 Å². The lowest BCUT2D eigenvalue weighted by Gasteiger charge is -2.32. The summed E-state index contributed by atoms with van der Waals surface area (Å²) in [4.78, 5) is 21.0. The molecule has 1 saturated heterocycles. The monoisotopic (exact) mass is 215 g/mol. The fraction of sp³-hybridized carbons (Fsp3) is 0.556. The minimum Gasteiger partial charge on any atom is -0.477 e. The summed E-state index contributed by atoms with van der Waals surface area (Å²) in [5, 5.41) is 10.9. The molecule has 1 aliphatic rings. The van der Waals surface area contributed by atoms with Gasteiger partial charge in [-0.1, -0.05) is 0 Å². The van der Waals surface area contributed by atoms with Gasteiger partial charge in [-0.3, -0.25) is 4.79 Å². The third kappa shape index (κ3) is 3.03. The second-order valence-corrected chi connectivity index (χ2v) is 3.52. The van der Waals surface area contributed by atoms with Gasteiger partial charge in [-0.05, 0) is 13.8 Å². The van der Waals surface area contributed by atoms with E-state index >= 15 is 0 Å². The van der Waals surface area contributed by atoms with Gasteiger partial charge in [-0.15, -0.1) is 0 Å². The molecule has 84 valence electrons. The van der Waals surface area contributed by atoms with Crippen molar-refractivity contribution >= 4 is 12.4 Å². The number of ether oxygens (including phenoxy) is 2. The minimum absolute atomic E-state index is 0.134. The van der Waals surface area contributed by atoms with E-state index in [1.165, 1.54) is 0 Å². The van der Waals surface area contributed by atoms with Gasteiger partial charge in [0.2, 0.25) is 6.41 Å². The van der Waals surface area contributed by atoms with Gasteiger partial charge in [0.15, 0.2) is 5.79 Å². The predicted octanol–water partition coefficient (Wildman–Crippen LogP) is -0.146. The van der Waals surface area contributed by atoms with Gasteiger partial charge < -0.3 is 19.9 Å². The first-order valence-corrected chi connectivity index (χ1v) is 4.39. The maximum atomic E-state index is 10.8. The Hall–Kier alpha value is -1.40. The molecule has 1 heterocycles. The van der Waals surface area contributed by atoms with E-state index in [1.54, 1.807) is 13.8 Å². The number of rotatable bonds is 3. The number of amides is 1. The molecule has 6 heteroatoms. The van der Waals surface area contributed by atoms with Crippen molar-refractivity contribution in [2.45, 2.75) is 19.6 Å². The zero-order valence-corrected chi connectivity index (χ0v) is 8.57. The topological polar surface area (TPSA) is 84.9 Å². The minimum atomic E-state index is -1.20. The van der Waals surface area contributed by atoms with E-state index in [1.807, 2.05) is 0 Å². The van der Waals surface area contributed by atoms with Gasteiger partial charge >= 0.3 is 5.97 Å². The average molecular weight is 215 g/mol. The molecule has 0 radical (unpaired) electrons. The summed E-state index contributed by atoms with van der Waals surface area (Å²) in [6, 6.07) is 0. The summed E-state index contributed by atoms with van der Waals surface area (Å²) < 4.78 is 10.5. The van der Waals surface area contributed by atoms with Crippen LogP contribution >= 0.6 is 0 Å². The van der Waals surface area contributed by atoms with Crippen LogP contribution in [0.5, 0.6) is 0 Å². The van der Waals surface area contributed by atoms with Crippen molar-refractivity contribution in [2.75, 3.05) is 13.2 Å². The lowest BCUT2D eigenvalue weighted by atomic mass is 10.2. The SMILES string of the molecule is CC1(C)OCC(=C(NC=O)C(=O)O)CO1. The van der Waals surface area contributed by atoms with Crippen LogP contribution < -0.4 is 5.32 Å². The van der Waals surface area contributed by atoms with Crippen molar-refractivity contribution in [1.29, 1.82) is 0 Å². The average Bonchev–Trinajstić information content (AvgIpc) is 2.14. The number of carboxylic acid groups (broad SMARTS) is 1. The Morgan fingerprint density at radius 3 is 2.40 bits per heavy atom. The second kappa shape index (κ2) is 4.41. The third-order valence-corrected chi connectivity index (χ3v) is 1.96. The van der Waals surface area contributed by atoms with Crippen molar-refractivity contribution in [3.8, 4) is 0 Å². The standard InChI is InChI=1S/C9H13NO5/c1-9(2)14-3-6(4-15-9)7(8(12)13)10-5-11/h5H,3-4H2,1-2H3,(H,10,11)(H,12,13). The Labute approximate surface area is 86.9 Å². The molecule has 15 heavy (non-hydrogen) atoms. The molecule has 0 atom stereocenters. The quantitative estimate of drug-likeness (QED) is 0.505. The number of carbonyl (C=O) groups excluding carboxylic acids is 1. The van der Waals surface area contributed by atoms with Gasteiger partial charge in [0.1, 0.15) is 5.70 Å². The van der Waals surface area contributed by atoms with E-state index in [0.717, 1.165) is 0 Å². The molecule has 0 aliphatic carbocycles. The first kappa shape index (κ1) is 11.7. The van der Waals surface area contributed by atoms with E-state index in [9.17, 15) is 9.59 Å². The molecule has 0 aromatic rings. The van der Waals surface area contributed by atoms with Crippen LogP contribution in [0.2, 0.25) is 0 Å². The van der Waals surface area contributed by atoms with Crippen molar-refractivity contribution in [1.82, 2.24) is 5.32 Å². The van der Waals surface area contributed by atoms with E-state index in [-0.39, 0.29) is 18.9 Å². The third-order valence-electron chi connectivity index (χ3n) is 1.96.